The van der Waals surface area contributed by atoms with Crippen molar-refractivity contribution in [3.05, 3.63) is 23.9 Å². The summed E-state index contributed by atoms with van der Waals surface area (Å²) in [6, 6.07) is 3.90. The molecule has 0 atom stereocenters. The van der Waals surface area contributed by atoms with Gasteiger partial charge in [0.15, 0.2) is 0 Å². The number of rotatable bonds is 5. The molecule has 0 saturated carbocycles. The van der Waals surface area contributed by atoms with Gasteiger partial charge in [-0.25, -0.2) is 4.98 Å². The predicted molar refractivity (Wildman–Crippen MR) is 89.1 cm³/mol. The van der Waals surface area contributed by atoms with E-state index in [1.165, 1.54) is 6.92 Å². The molecule has 0 aliphatic carbocycles. The van der Waals surface area contributed by atoms with Gasteiger partial charge < -0.3 is 20.0 Å². The zero-order valence-corrected chi connectivity index (χ0v) is 14.1. The Hall–Kier alpha value is -2.15. The Morgan fingerprint density at radius 1 is 1.35 bits per heavy atom. The van der Waals surface area contributed by atoms with Gasteiger partial charge in [0.05, 0.1) is 6.54 Å². The maximum atomic E-state index is 12.3. The normalized spacial score (nSPS) is 14.4. The highest BCUT2D eigenvalue weighted by Gasteiger charge is 2.23. The van der Waals surface area contributed by atoms with Crippen LogP contribution in [-0.4, -0.2) is 73.4 Å². The molecule has 1 aliphatic rings. The third-order valence-electron chi connectivity index (χ3n) is 3.83. The fraction of sp³-hybridized carbons (Fsp3) is 0.562. The van der Waals surface area contributed by atoms with Gasteiger partial charge in [0.25, 0.3) is 0 Å². The molecule has 1 aromatic heterocycles. The van der Waals surface area contributed by atoms with Gasteiger partial charge in [-0.15, -0.1) is 0 Å². The van der Waals surface area contributed by atoms with Crippen molar-refractivity contribution in [3.8, 4) is 0 Å². The fourth-order valence-electron chi connectivity index (χ4n) is 2.53. The highest BCUT2D eigenvalue weighted by molar-refractivity contribution is 5.83. The van der Waals surface area contributed by atoms with Crippen molar-refractivity contribution in [1.82, 2.24) is 20.1 Å². The summed E-state index contributed by atoms with van der Waals surface area (Å²) in [5.41, 5.74) is 1.04. The third-order valence-corrected chi connectivity index (χ3v) is 3.83. The maximum Gasteiger partial charge on any atom is 0.242 e. The smallest absolute Gasteiger partial charge is 0.242 e. The number of carbonyl (C=O) groups is 2. The van der Waals surface area contributed by atoms with E-state index in [1.54, 1.807) is 11.1 Å². The molecule has 1 aromatic rings. The number of fused-ring (bicyclic) bond motifs is 1. The van der Waals surface area contributed by atoms with Crippen LogP contribution in [0, 0.1) is 0 Å². The van der Waals surface area contributed by atoms with Gasteiger partial charge in [0, 0.05) is 51.4 Å². The van der Waals surface area contributed by atoms with Crippen LogP contribution in [0.15, 0.2) is 18.3 Å². The van der Waals surface area contributed by atoms with Gasteiger partial charge in [-0.3, -0.25) is 9.59 Å². The van der Waals surface area contributed by atoms with Gasteiger partial charge in [0.1, 0.15) is 5.82 Å². The minimum atomic E-state index is -0.192. The van der Waals surface area contributed by atoms with Crippen LogP contribution in [-0.2, 0) is 16.1 Å². The van der Waals surface area contributed by atoms with E-state index in [4.69, 9.17) is 0 Å². The van der Waals surface area contributed by atoms with Gasteiger partial charge in [-0.05, 0) is 20.2 Å². The Kier molecular flexibility index (Phi) is 5.92. The van der Waals surface area contributed by atoms with Crippen LogP contribution >= 0.6 is 0 Å². The van der Waals surface area contributed by atoms with E-state index in [2.05, 4.69) is 20.1 Å². The molecule has 23 heavy (non-hydrogen) atoms. The monoisotopic (exact) mass is 319 g/mol. The summed E-state index contributed by atoms with van der Waals surface area (Å²) in [4.78, 5) is 33.9. The molecular formula is C16H25N5O2. The summed E-state index contributed by atoms with van der Waals surface area (Å²) >= 11 is 0. The summed E-state index contributed by atoms with van der Waals surface area (Å²) < 4.78 is 0. The first kappa shape index (κ1) is 17.2. The Morgan fingerprint density at radius 2 is 2.13 bits per heavy atom. The van der Waals surface area contributed by atoms with Crippen molar-refractivity contribution in [2.45, 2.75) is 13.5 Å². The zero-order chi connectivity index (χ0) is 16.8. The molecule has 1 N–H and O–H groups in total. The highest BCUT2D eigenvalue weighted by atomic mass is 16.2. The first-order valence-corrected chi connectivity index (χ1v) is 7.83. The molecule has 0 radical (unpaired) electrons. The van der Waals surface area contributed by atoms with E-state index in [-0.39, 0.29) is 18.4 Å². The molecule has 126 valence electrons. The van der Waals surface area contributed by atoms with E-state index in [0.29, 0.717) is 13.1 Å². The molecule has 2 heterocycles. The lowest BCUT2D eigenvalue weighted by molar-refractivity contribution is -0.132. The Balaban J connectivity index is 2.10. The van der Waals surface area contributed by atoms with Gasteiger partial charge in [0.2, 0.25) is 11.8 Å². The Bertz CT molecular complexity index is 561. The van der Waals surface area contributed by atoms with E-state index < -0.39 is 0 Å². The van der Waals surface area contributed by atoms with Gasteiger partial charge >= 0.3 is 0 Å². The second-order valence-electron chi connectivity index (χ2n) is 6.00. The number of anilines is 1. The van der Waals surface area contributed by atoms with Crippen LogP contribution in [0.5, 0.6) is 0 Å². The van der Waals surface area contributed by atoms with Crippen molar-refractivity contribution in [2.24, 2.45) is 0 Å². The van der Waals surface area contributed by atoms with Gasteiger partial charge in [-0.2, -0.15) is 0 Å². The van der Waals surface area contributed by atoms with E-state index in [1.807, 2.05) is 26.2 Å². The Morgan fingerprint density at radius 3 is 2.83 bits per heavy atom. The summed E-state index contributed by atoms with van der Waals surface area (Å²) in [6.45, 7) is 5.15. The van der Waals surface area contributed by atoms with Crippen LogP contribution in [0.1, 0.15) is 12.5 Å². The lowest BCUT2D eigenvalue weighted by atomic mass is 10.2. The number of likely N-dealkylation sites (N-methyl/N-ethyl adjacent to an activating group) is 1. The standard InChI is InChI=1S/C16H25N5O2/c1-13(22)18-11-15(23)21-10-9-20(8-7-19(2)3)16-14(12-21)5-4-6-17-16/h4-6H,7-12H2,1-3H3,(H,18,22). The summed E-state index contributed by atoms with van der Waals surface area (Å²) in [5.74, 6) is 0.691. The average molecular weight is 319 g/mol. The highest BCUT2D eigenvalue weighted by Crippen LogP contribution is 2.22. The number of carbonyl (C=O) groups excluding carboxylic acids is 2. The van der Waals surface area contributed by atoms with E-state index in [9.17, 15) is 9.59 Å². The molecule has 0 spiro atoms. The second-order valence-corrected chi connectivity index (χ2v) is 6.00. The largest absolute Gasteiger partial charge is 0.353 e. The van der Waals surface area contributed by atoms with E-state index >= 15 is 0 Å². The molecule has 0 saturated heterocycles. The molecule has 0 bridgehead atoms. The summed E-state index contributed by atoms with van der Waals surface area (Å²) in [6.07, 6.45) is 1.79. The van der Waals surface area contributed by atoms with Crippen LogP contribution in [0.2, 0.25) is 0 Å². The first-order chi connectivity index (χ1) is 11.0. The van der Waals surface area contributed by atoms with Crippen molar-refractivity contribution in [1.29, 1.82) is 0 Å². The lowest BCUT2D eigenvalue weighted by Gasteiger charge is -2.25. The number of hydrogen-bond donors (Lipinski definition) is 1. The molecule has 7 heteroatoms. The lowest BCUT2D eigenvalue weighted by Crippen LogP contribution is -2.42. The molecule has 7 nitrogen and oxygen atoms in total. The molecular weight excluding hydrogens is 294 g/mol. The summed E-state index contributed by atoms with van der Waals surface area (Å²) in [7, 11) is 4.08. The Labute approximate surface area is 137 Å². The summed E-state index contributed by atoms with van der Waals surface area (Å²) in [5, 5.41) is 2.57. The minimum absolute atomic E-state index is 0.0443. The van der Waals surface area contributed by atoms with Crippen LogP contribution in [0.4, 0.5) is 5.82 Å². The number of hydrogen-bond acceptors (Lipinski definition) is 5. The number of nitrogens with one attached hydrogen (secondary N) is 1. The average Bonchev–Trinajstić information content (AvgIpc) is 2.70. The molecule has 2 rings (SSSR count). The van der Waals surface area contributed by atoms with Crippen molar-refractivity contribution >= 4 is 17.6 Å². The third kappa shape index (κ3) is 4.92. The molecule has 0 aromatic carbocycles. The number of nitrogens with zero attached hydrogens (tertiary/aromatic N) is 4. The fourth-order valence-corrected chi connectivity index (χ4v) is 2.53. The first-order valence-electron chi connectivity index (χ1n) is 7.83. The number of pyridine rings is 1. The molecule has 2 amide bonds. The SMILES string of the molecule is CC(=O)NCC(=O)N1CCN(CCN(C)C)c2ncccc2C1. The van der Waals surface area contributed by atoms with Crippen LogP contribution < -0.4 is 10.2 Å². The maximum absolute atomic E-state index is 12.3. The van der Waals surface area contributed by atoms with Crippen molar-refractivity contribution in [3.63, 3.8) is 0 Å². The quantitative estimate of drug-likeness (QED) is 0.823. The van der Waals surface area contributed by atoms with Crippen molar-refractivity contribution in [2.75, 3.05) is 51.7 Å². The van der Waals surface area contributed by atoms with Crippen LogP contribution in [0.25, 0.3) is 0 Å². The zero-order valence-electron chi connectivity index (χ0n) is 14.1. The molecule has 1 aliphatic heterocycles. The molecule has 0 unspecified atom stereocenters. The van der Waals surface area contributed by atoms with Gasteiger partial charge in [-0.1, -0.05) is 6.07 Å². The minimum Gasteiger partial charge on any atom is -0.353 e. The van der Waals surface area contributed by atoms with Crippen molar-refractivity contribution < 1.29 is 9.59 Å². The van der Waals surface area contributed by atoms with E-state index in [0.717, 1.165) is 31.0 Å². The molecule has 0 fully saturated rings. The van der Waals surface area contributed by atoms with Crippen LogP contribution in [0.3, 0.4) is 0 Å². The topological polar surface area (TPSA) is 68.8 Å². The predicted octanol–water partition coefficient (Wildman–Crippen LogP) is -0.0721. The second kappa shape index (κ2) is 7.92. The number of aromatic nitrogens is 1. The number of amides is 2.